The maximum Gasteiger partial charge on any atom is 0.260 e. The molecule has 4 aromatic rings. The number of phenolic OH excluding ortho intramolecular Hbond substituents is 1. The Morgan fingerprint density at radius 3 is 2.69 bits per heavy atom. The van der Waals surface area contributed by atoms with E-state index in [1.165, 1.54) is 18.2 Å². The molecular weight excluding hydrogens is 413 g/mol. The van der Waals surface area contributed by atoms with Gasteiger partial charge in [0.15, 0.2) is 0 Å². The molecule has 3 N–H and O–H groups in total. The second kappa shape index (κ2) is 6.61. The van der Waals surface area contributed by atoms with Crippen LogP contribution in [0.5, 0.6) is 11.5 Å². The number of H-pyrrole nitrogens is 1. The van der Waals surface area contributed by atoms with Crippen LogP contribution in [0.4, 0.5) is 4.39 Å². The van der Waals surface area contributed by atoms with Gasteiger partial charge in [0.1, 0.15) is 26.5 Å². The quantitative estimate of drug-likeness (QED) is 0.389. The van der Waals surface area contributed by atoms with E-state index in [9.17, 15) is 19.4 Å². The maximum absolute atomic E-state index is 13.7. The number of phenols is 1. The Morgan fingerprint density at radius 2 is 1.90 bits per heavy atom. The van der Waals surface area contributed by atoms with Gasteiger partial charge in [0.25, 0.3) is 5.56 Å². The number of benzene rings is 2. The van der Waals surface area contributed by atoms with E-state index in [0.29, 0.717) is 25.7 Å². The molecule has 7 heteroatoms. The third kappa shape index (κ3) is 2.74. The minimum atomic E-state index is -0.539. The average Bonchev–Trinajstić information content (AvgIpc) is 3.27. The lowest BCUT2D eigenvalue weighted by Crippen LogP contribution is -2.08. The molecule has 1 aliphatic rings. The highest BCUT2D eigenvalue weighted by molar-refractivity contribution is 7.23. The monoisotopic (exact) mass is 427 g/mol. The van der Waals surface area contributed by atoms with Gasteiger partial charge in [0, 0.05) is 11.1 Å². The predicted molar refractivity (Wildman–Crippen MR) is 114 cm³/mol. The van der Waals surface area contributed by atoms with Crippen LogP contribution in [-0.4, -0.2) is 15.2 Å². The number of nitrogens with one attached hydrogen (secondary N) is 1. The Labute approximate surface area is 173 Å². The van der Waals surface area contributed by atoms with Crippen LogP contribution in [0.15, 0.2) is 41.2 Å². The number of rotatable bonds is 2. The molecule has 0 saturated heterocycles. The Morgan fingerprint density at radius 1 is 1.07 bits per heavy atom. The first-order chi connectivity index (χ1) is 14.0. The van der Waals surface area contributed by atoms with Crippen LogP contribution < -0.4 is 5.56 Å². The fraction of sp³-hybridized carbons (Fsp3) is 0.136. The lowest BCUT2D eigenvalue weighted by molar-refractivity contribution is 0.471. The Kier molecular flexibility index (Phi) is 4.15. The number of hydrogen-bond donors (Lipinski definition) is 3. The number of fused-ring (bicyclic) bond motifs is 2. The van der Waals surface area contributed by atoms with Gasteiger partial charge >= 0.3 is 0 Å². The summed E-state index contributed by atoms with van der Waals surface area (Å²) < 4.78 is 14.1. The van der Waals surface area contributed by atoms with Gasteiger partial charge in [-0.15, -0.1) is 11.3 Å². The molecule has 2 aromatic heterocycles. The van der Waals surface area contributed by atoms with Crippen LogP contribution in [0, 0.1) is 5.82 Å². The van der Waals surface area contributed by atoms with Gasteiger partial charge in [0.05, 0.1) is 10.9 Å². The van der Waals surface area contributed by atoms with Crippen molar-refractivity contribution in [3.8, 4) is 33.8 Å². The second-order valence-electron chi connectivity index (χ2n) is 7.10. The number of aromatic amines is 1. The number of pyridine rings is 1. The molecule has 4 nitrogen and oxygen atoms in total. The summed E-state index contributed by atoms with van der Waals surface area (Å²) in [6.07, 6.45) is 2.68. The van der Waals surface area contributed by atoms with Crippen molar-refractivity contribution in [2.45, 2.75) is 19.3 Å². The molecule has 0 aliphatic heterocycles. The maximum atomic E-state index is 13.7. The first-order valence-corrected chi connectivity index (χ1v) is 10.3. The summed E-state index contributed by atoms with van der Waals surface area (Å²) in [6.45, 7) is 0. The summed E-state index contributed by atoms with van der Waals surface area (Å²) in [6, 6.07) is 9.24. The van der Waals surface area contributed by atoms with Gasteiger partial charge in [-0.05, 0) is 48.1 Å². The van der Waals surface area contributed by atoms with Crippen molar-refractivity contribution in [1.82, 2.24) is 4.98 Å². The van der Waals surface area contributed by atoms with Crippen molar-refractivity contribution in [1.29, 1.82) is 0 Å². The number of hydrogen-bond acceptors (Lipinski definition) is 4. The molecule has 0 atom stereocenters. The number of aromatic hydroxyl groups is 2. The molecule has 2 aromatic carbocycles. The van der Waals surface area contributed by atoms with Gasteiger partial charge in [-0.25, -0.2) is 4.39 Å². The smallest absolute Gasteiger partial charge is 0.260 e. The molecule has 5 rings (SSSR count). The van der Waals surface area contributed by atoms with E-state index in [2.05, 4.69) is 4.98 Å². The van der Waals surface area contributed by atoms with Crippen LogP contribution >= 0.6 is 22.9 Å². The van der Waals surface area contributed by atoms with Gasteiger partial charge in [-0.1, -0.05) is 35.9 Å². The van der Waals surface area contributed by atoms with Crippen LogP contribution in [0.3, 0.4) is 0 Å². The first kappa shape index (κ1) is 18.2. The predicted octanol–water partition coefficient (Wildman–Crippen LogP) is 5.62. The molecule has 0 saturated carbocycles. The van der Waals surface area contributed by atoms with Crippen molar-refractivity contribution in [3.63, 3.8) is 0 Å². The lowest BCUT2D eigenvalue weighted by atomic mass is 9.97. The number of thiophene rings is 1. The summed E-state index contributed by atoms with van der Waals surface area (Å²) in [7, 11) is 0. The fourth-order valence-corrected chi connectivity index (χ4v) is 5.48. The Balaban J connectivity index is 1.84. The zero-order valence-electron chi connectivity index (χ0n) is 15.1. The lowest BCUT2D eigenvalue weighted by Gasteiger charge is -2.11. The molecule has 0 amide bonds. The molecule has 0 bridgehead atoms. The number of halogens is 2. The standard InChI is InChI=1S/C22H15ClFNO3S/c23-20-16(14-8-7-10-3-2-6-13(10)18(14)26)17-19(27)15(21(28)25-22(17)29-20)11-4-1-5-12(24)9-11/h1,4-5,7-9,26H,2-3,6H2,(H2,25,27,28). The van der Waals surface area contributed by atoms with E-state index in [1.54, 1.807) is 12.1 Å². The van der Waals surface area contributed by atoms with Crippen molar-refractivity contribution in [3.05, 3.63) is 68.0 Å². The molecule has 2 heterocycles. The first-order valence-electron chi connectivity index (χ1n) is 9.13. The molecule has 0 spiro atoms. The normalized spacial score (nSPS) is 13.2. The summed E-state index contributed by atoms with van der Waals surface area (Å²) in [5, 5.41) is 22.3. The van der Waals surface area contributed by atoms with Crippen molar-refractivity contribution in [2.75, 3.05) is 0 Å². The summed E-state index contributed by atoms with van der Waals surface area (Å²) in [5.41, 5.74) is 2.67. The van der Waals surface area contributed by atoms with E-state index >= 15 is 0 Å². The molecule has 1 aliphatic carbocycles. The Bertz CT molecular complexity index is 1360. The largest absolute Gasteiger partial charge is 0.507 e. The summed E-state index contributed by atoms with van der Waals surface area (Å²) in [5.74, 6) is -0.645. The van der Waals surface area contributed by atoms with E-state index < -0.39 is 11.4 Å². The molecule has 146 valence electrons. The van der Waals surface area contributed by atoms with E-state index in [4.69, 9.17) is 11.6 Å². The van der Waals surface area contributed by atoms with Crippen LogP contribution in [0.1, 0.15) is 17.5 Å². The highest BCUT2D eigenvalue weighted by Crippen LogP contribution is 2.50. The highest BCUT2D eigenvalue weighted by Gasteiger charge is 2.26. The van der Waals surface area contributed by atoms with Gasteiger partial charge in [0.2, 0.25) is 0 Å². The average molecular weight is 428 g/mol. The van der Waals surface area contributed by atoms with Crippen molar-refractivity contribution < 1.29 is 14.6 Å². The fourth-order valence-electron chi connectivity index (χ4n) is 4.12. The van der Waals surface area contributed by atoms with Crippen LogP contribution in [0.25, 0.3) is 32.5 Å². The number of aryl methyl sites for hydroxylation is 1. The highest BCUT2D eigenvalue weighted by atomic mass is 35.5. The minimum absolute atomic E-state index is 0.0339. The second-order valence-corrected chi connectivity index (χ2v) is 8.72. The minimum Gasteiger partial charge on any atom is -0.507 e. The summed E-state index contributed by atoms with van der Waals surface area (Å²) in [4.78, 5) is 15.7. The Hall–Kier alpha value is -2.83. The molecule has 29 heavy (non-hydrogen) atoms. The van der Waals surface area contributed by atoms with E-state index in [-0.39, 0.29) is 22.6 Å². The molecule has 0 unspecified atom stereocenters. The van der Waals surface area contributed by atoms with Gasteiger partial charge in [-0.3, -0.25) is 4.79 Å². The third-order valence-electron chi connectivity index (χ3n) is 5.43. The molecule has 0 fully saturated rings. The zero-order chi connectivity index (χ0) is 20.3. The SMILES string of the molecule is O=c1[nH]c2sc(Cl)c(-c3ccc4c(c3O)CCC4)c2c(O)c1-c1cccc(F)c1. The van der Waals surface area contributed by atoms with E-state index in [1.807, 2.05) is 6.07 Å². The number of aromatic nitrogens is 1. The molecular formula is C22H15ClFNO3S. The van der Waals surface area contributed by atoms with Gasteiger partial charge in [-0.2, -0.15) is 0 Å². The van der Waals surface area contributed by atoms with Gasteiger partial charge < -0.3 is 15.2 Å². The van der Waals surface area contributed by atoms with Crippen molar-refractivity contribution >= 4 is 33.2 Å². The van der Waals surface area contributed by atoms with E-state index in [0.717, 1.165) is 41.7 Å². The van der Waals surface area contributed by atoms with Crippen molar-refractivity contribution in [2.24, 2.45) is 0 Å². The zero-order valence-corrected chi connectivity index (χ0v) is 16.6. The topological polar surface area (TPSA) is 73.3 Å². The van der Waals surface area contributed by atoms with Crippen LogP contribution in [0.2, 0.25) is 4.34 Å². The summed E-state index contributed by atoms with van der Waals surface area (Å²) >= 11 is 7.60. The van der Waals surface area contributed by atoms with Crippen LogP contribution in [-0.2, 0) is 12.8 Å². The molecule has 0 radical (unpaired) electrons. The third-order valence-corrected chi connectivity index (χ3v) is 6.74.